The van der Waals surface area contributed by atoms with Crippen molar-refractivity contribution >= 4 is 60.6 Å². The predicted octanol–water partition coefficient (Wildman–Crippen LogP) is 15.6. The van der Waals surface area contributed by atoms with Gasteiger partial charge in [0.2, 0.25) is 0 Å². The molecule has 0 saturated carbocycles. The fourth-order valence-corrected chi connectivity index (χ4v) is 10.4. The summed E-state index contributed by atoms with van der Waals surface area (Å²) < 4.78 is 4.81. The van der Waals surface area contributed by atoms with Crippen LogP contribution >= 0.6 is 0 Å². The maximum Gasteiger partial charge on any atom is 0.100 e. The van der Waals surface area contributed by atoms with Crippen LogP contribution in [-0.4, -0.2) is 9.13 Å². The Hall–Kier alpha value is -8.14. The van der Waals surface area contributed by atoms with Crippen LogP contribution in [-0.2, 0) is 5.54 Å². The molecular weight excluding hydrogens is 763 g/mol. The van der Waals surface area contributed by atoms with Gasteiger partial charge in [-0.15, -0.1) is 0 Å². The van der Waals surface area contributed by atoms with E-state index < -0.39 is 5.54 Å². The molecule has 3 heteroatoms. The zero-order valence-corrected chi connectivity index (χ0v) is 34.7. The number of allylic oxidation sites excluding steroid dienone is 2. The van der Waals surface area contributed by atoms with E-state index in [-0.39, 0.29) is 0 Å². The minimum absolute atomic E-state index is 0.678. The zero-order valence-electron chi connectivity index (χ0n) is 34.7. The van der Waals surface area contributed by atoms with Crippen LogP contribution in [0.4, 0.5) is 11.4 Å². The van der Waals surface area contributed by atoms with Crippen molar-refractivity contribution in [1.82, 2.24) is 9.13 Å². The molecule has 0 bridgehead atoms. The number of hydrogen-bond donors (Lipinski definition) is 0. The van der Waals surface area contributed by atoms with Crippen LogP contribution in [0.5, 0.6) is 0 Å². The van der Waals surface area contributed by atoms with E-state index in [1.165, 1.54) is 71.4 Å². The molecule has 0 fully saturated rings. The van der Waals surface area contributed by atoms with E-state index in [2.05, 4.69) is 263 Å². The van der Waals surface area contributed by atoms with Gasteiger partial charge in [-0.1, -0.05) is 176 Å². The van der Waals surface area contributed by atoms with Crippen molar-refractivity contribution in [2.75, 3.05) is 4.90 Å². The van der Waals surface area contributed by atoms with Gasteiger partial charge in [0.05, 0.1) is 22.1 Å². The molecule has 1 atom stereocenters. The minimum atomic E-state index is -0.678. The normalized spacial score (nSPS) is 15.0. The number of nitrogens with zero attached hydrogens (tertiary/aromatic N) is 3. The summed E-state index contributed by atoms with van der Waals surface area (Å²) >= 11 is 0. The van der Waals surface area contributed by atoms with Crippen LogP contribution in [0.1, 0.15) is 17.5 Å². The van der Waals surface area contributed by atoms with E-state index in [1.54, 1.807) is 0 Å². The average Bonchev–Trinajstić information content (AvgIpc) is 3.88. The van der Waals surface area contributed by atoms with Gasteiger partial charge in [-0.25, -0.2) is 0 Å². The molecule has 1 aliphatic rings. The molecule has 0 spiro atoms. The van der Waals surface area contributed by atoms with Crippen LogP contribution in [0.3, 0.4) is 0 Å². The van der Waals surface area contributed by atoms with Crippen molar-refractivity contribution in [3.05, 3.63) is 260 Å². The lowest BCUT2D eigenvalue weighted by molar-refractivity contribution is 0.568. The summed E-state index contributed by atoms with van der Waals surface area (Å²) in [7, 11) is 0. The van der Waals surface area contributed by atoms with Crippen LogP contribution in [0, 0.1) is 0 Å². The van der Waals surface area contributed by atoms with E-state index in [4.69, 9.17) is 0 Å². The highest BCUT2D eigenvalue weighted by molar-refractivity contribution is 6.11. The van der Waals surface area contributed by atoms with Crippen molar-refractivity contribution in [3.8, 4) is 22.5 Å². The smallest absolute Gasteiger partial charge is 0.100 e. The summed E-state index contributed by atoms with van der Waals surface area (Å²) in [6.07, 6.45) is 7.69. The van der Waals surface area contributed by atoms with Crippen LogP contribution in [0.15, 0.2) is 249 Å². The van der Waals surface area contributed by atoms with Crippen LogP contribution in [0.25, 0.3) is 71.7 Å². The van der Waals surface area contributed by atoms with Gasteiger partial charge in [-0.2, -0.15) is 0 Å². The van der Waals surface area contributed by atoms with Crippen LogP contribution in [0.2, 0.25) is 0 Å². The predicted molar refractivity (Wildman–Crippen MR) is 265 cm³/mol. The molecule has 0 aliphatic heterocycles. The fraction of sp³-hybridized carbons (Fsp3) is 0.0333. The van der Waals surface area contributed by atoms with E-state index in [1.807, 2.05) is 0 Å². The summed E-state index contributed by atoms with van der Waals surface area (Å²) in [6, 6.07) is 84.4. The number of fused-ring (bicyclic) bond motifs is 6. The first kappa shape index (κ1) is 36.7. The Bertz CT molecular complexity index is 3470. The van der Waals surface area contributed by atoms with Gasteiger partial charge >= 0.3 is 0 Å². The Labute approximate surface area is 367 Å². The zero-order chi connectivity index (χ0) is 41.7. The molecule has 0 radical (unpaired) electrons. The summed E-state index contributed by atoms with van der Waals surface area (Å²) in [5, 5.41) is 4.94. The lowest BCUT2D eigenvalue weighted by Crippen LogP contribution is -2.45. The third-order valence-corrected chi connectivity index (χ3v) is 13.1. The number of benzene rings is 9. The highest BCUT2D eigenvalue weighted by Crippen LogP contribution is 2.54. The van der Waals surface area contributed by atoms with Crippen molar-refractivity contribution in [1.29, 1.82) is 0 Å². The van der Waals surface area contributed by atoms with Crippen LogP contribution < -0.4 is 4.90 Å². The molecule has 63 heavy (non-hydrogen) atoms. The second-order valence-corrected chi connectivity index (χ2v) is 16.5. The molecule has 1 unspecified atom stereocenters. The van der Waals surface area contributed by atoms with Gasteiger partial charge in [0, 0.05) is 44.3 Å². The molecule has 0 saturated heterocycles. The number of anilines is 2. The topological polar surface area (TPSA) is 13.1 Å². The second-order valence-electron chi connectivity index (χ2n) is 16.5. The molecule has 9 aromatic carbocycles. The Morgan fingerprint density at radius 2 is 0.857 bits per heavy atom. The maximum absolute atomic E-state index is 2.64. The third kappa shape index (κ3) is 5.89. The highest BCUT2D eigenvalue weighted by atomic mass is 15.2. The summed E-state index contributed by atoms with van der Waals surface area (Å²) in [5.41, 5.74) is 14.7. The van der Waals surface area contributed by atoms with E-state index in [0.29, 0.717) is 0 Å². The minimum Gasteiger partial charge on any atom is -0.327 e. The number of rotatable bonds is 8. The number of hydrogen-bond acceptors (Lipinski definition) is 1. The number of para-hydroxylation sites is 4. The number of aromatic nitrogens is 2. The second kappa shape index (κ2) is 15.1. The van der Waals surface area contributed by atoms with E-state index in [0.717, 1.165) is 29.2 Å². The fourth-order valence-electron chi connectivity index (χ4n) is 10.4. The Kier molecular flexibility index (Phi) is 8.79. The Balaban J connectivity index is 1.16. The molecule has 12 rings (SSSR count). The first-order chi connectivity index (χ1) is 31.3. The molecule has 298 valence electrons. The van der Waals surface area contributed by atoms with Crippen molar-refractivity contribution in [2.45, 2.75) is 12.0 Å². The first-order valence-electron chi connectivity index (χ1n) is 21.8. The molecular formula is C60H43N3. The standard InChI is InChI=1S/C60H43N3/c1-4-20-43(21-5-1)49-26-10-14-31-55(49)60(41-19-18-30-54(60)44-22-6-2-7-23-44)63(47-37-35-46(36-38-47)62-56-32-15-11-27-50(56)51-28-12-16-33-57(51)62)48-39-40-59-53(42-48)52-29-13-17-34-58(52)61(59)45-24-8-3-9-25-45/h1-40,42H,41H2. The molecule has 2 aromatic heterocycles. The SMILES string of the molecule is C1=CCC(c2ccccc2-c2ccccc2)(N(c2ccc(-n3c4ccccc4c4ccccc43)cc2)c2ccc3c(c2)c2ccccc2n3-c2ccccc2)C(c2ccccc2)=C1. The van der Waals surface area contributed by atoms with Gasteiger partial charge in [0.15, 0.2) is 0 Å². The van der Waals surface area contributed by atoms with Gasteiger partial charge in [-0.3, -0.25) is 0 Å². The van der Waals surface area contributed by atoms with Gasteiger partial charge in [0.25, 0.3) is 0 Å². The van der Waals surface area contributed by atoms with Gasteiger partial charge < -0.3 is 14.0 Å². The third-order valence-electron chi connectivity index (χ3n) is 13.1. The molecule has 0 amide bonds. The molecule has 0 N–H and O–H groups in total. The lowest BCUT2D eigenvalue weighted by atomic mass is 9.70. The quantitative estimate of drug-likeness (QED) is 0.149. The van der Waals surface area contributed by atoms with E-state index in [9.17, 15) is 0 Å². The average molecular weight is 806 g/mol. The van der Waals surface area contributed by atoms with Crippen molar-refractivity contribution < 1.29 is 0 Å². The Morgan fingerprint density at radius 1 is 0.381 bits per heavy atom. The van der Waals surface area contributed by atoms with Crippen molar-refractivity contribution in [3.63, 3.8) is 0 Å². The summed E-state index contributed by atoms with van der Waals surface area (Å²) in [4.78, 5) is 2.64. The van der Waals surface area contributed by atoms with Crippen molar-refractivity contribution in [2.24, 2.45) is 0 Å². The Morgan fingerprint density at radius 3 is 1.49 bits per heavy atom. The van der Waals surface area contributed by atoms with Gasteiger partial charge in [0.1, 0.15) is 5.54 Å². The maximum atomic E-state index is 2.64. The van der Waals surface area contributed by atoms with Gasteiger partial charge in [-0.05, 0) is 107 Å². The first-order valence-corrected chi connectivity index (χ1v) is 21.8. The lowest BCUT2D eigenvalue weighted by Gasteiger charge is -2.49. The van der Waals surface area contributed by atoms with E-state index >= 15 is 0 Å². The monoisotopic (exact) mass is 805 g/mol. The highest BCUT2D eigenvalue weighted by Gasteiger charge is 2.45. The molecule has 1 aliphatic carbocycles. The molecule has 11 aromatic rings. The summed E-state index contributed by atoms with van der Waals surface area (Å²) in [5.74, 6) is 0. The molecule has 2 heterocycles. The largest absolute Gasteiger partial charge is 0.327 e. The summed E-state index contributed by atoms with van der Waals surface area (Å²) in [6.45, 7) is 0. The molecule has 3 nitrogen and oxygen atoms in total.